The molecule has 0 bridgehead atoms. The Morgan fingerprint density at radius 1 is 1.00 bits per heavy atom. The summed E-state index contributed by atoms with van der Waals surface area (Å²) in [6, 6.07) is 8.26. The summed E-state index contributed by atoms with van der Waals surface area (Å²) in [5.41, 5.74) is 1.11. The van der Waals surface area contributed by atoms with Crippen LogP contribution in [0.4, 0.5) is 13.2 Å². The van der Waals surface area contributed by atoms with E-state index in [1.54, 1.807) is 42.5 Å². The zero-order chi connectivity index (χ0) is 36.8. The highest BCUT2D eigenvalue weighted by Gasteiger charge is 2.48. The molecule has 2 aliphatic carbocycles. The number of aliphatic hydroxyl groups is 1. The van der Waals surface area contributed by atoms with Crippen molar-refractivity contribution in [3.63, 3.8) is 0 Å². The van der Waals surface area contributed by atoms with Crippen LogP contribution in [0.5, 0.6) is 0 Å². The number of nitrogens with zero attached hydrogens (tertiary/aromatic N) is 2. The Morgan fingerprint density at radius 3 is 2.33 bits per heavy atom. The second-order valence-corrected chi connectivity index (χ2v) is 15.1. The zero-order valence-corrected chi connectivity index (χ0v) is 29.9. The van der Waals surface area contributed by atoms with E-state index in [2.05, 4.69) is 33.6 Å². The van der Waals surface area contributed by atoms with Crippen molar-refractivity contribution in [2.24, 2.45) is 11.8 Å². The van der Waals surface area contributed by atoms with Gasteiger partial charge in [0.1, 0.15) is 18.3 Å². The first-order valence-electron chi connectivity index (χ1n) is 17.5. The summed E-state index contributed by atoms with van der Waals surface area (Å²) < 4.78 is 42.8. The number of amides is 4. The third-order valence-corrected chi connectivity index (χ3v) is 11.0. The summed E-state index contributed by atoms with van der Waals surface area (Å²) in [6.07, 6.45) is 2.52. The lowest BCUT2D eigenvalue weighted by atomic mass is 9.82. The number of alkyl halides is 3. The minimum absolute atomic E-state index is 0.00899. The molecule has 51 heavy (non-hydrogen) atoms. The molecule has 15 heteroatoms. The number of pyridine rings is 1. The van der Waals surface area contributed by atoms with E-state index in [-0.39, 0.29) is 38.1 Å². The lowest BCUT2D eigenvalue weighted by molar-refractivity contribution is -0.145. The predicted molar refractivity (Wildman–Crippen MR) is 188 cm³/mol. The predicted octanol–water partition coefficient (Wildman–Crippen LogP) is 4.53. The highest BCUT2D eigenvalue weighted by molar-refractivity contribution is 7.82. The molecule has 1 aromatic heterocycles. The number of carbonyl (C=O) groups excluding carboxylic acids is 4. The molecule has 0 spiro atoms. The molecule has 278 valence electrons. The molecule has 0 unspecified atom stereocenters. The number of halogens is 4. The van der Waals surface area contributed by atoms with Crippen molar-refractivity contribution in [2.45, 2.75) is 112 Å². The van der Waals surface area contributed by atoms with E-state index >= 15 is 4.39 Å². The molecule has 2 saturated carbocycles. The Kier molecular flexibility index (Phi) is 12.9. The normalized spacial score (nSPS) is 23.5. The fourth-order valence-corrected chi connectivity index (χ4v) is 7.61. The zero-order valence-electron chi connectivity index (χ0n) is 28.2. The molecule has 3 fully saturated rings. The minimum Gasteiger partial charge on any atom is -0.369 e. The maximum absolute atomic E-state index is 15.1. The second-order valence-electron chi connectivity index (χ2n) is 14.0. The molecular weight excluding hydrogens is 707 g/mol. The van der Waals surface area contributed by atoms with Crippen LogP contribution in [0.25, 0.3) is 0 Å². The van der Waals surface area contributed by atoms with Crippen molar-refractivity contribution in [3.8, 4) is 0 Å². The van der Waals surface area contributed by atoms with Crippen molar-refractivity contribution in [1.82, 2.24) is 25.8 Å². The maximum Gasteiger partial charge on any atom is 0.264 e. The Balaban J connectivity index is 1.33. The van der Waals surface area contributed by atoms with Gasteiger partial charge in [-0.05, 0) is 55.7 Å². The van der Waals surface area contributed by atoms with Crippen LogP contribution in [0.3, 0.4) is 0 Å². The van der Waals surface area contributed by atoms with Gasteiger partial charge in [-0.25, -0.2) is 13.2 Å². The van der Waals surface area contributed by atoms with Crippen molar-refractivity contribution in [3.05, 3.63) is 64.9 Å². The Morgan fingerprint density at radius 2 is 1.69 bits per heavy atom. The Bertz CT molecular complexity index is 1520. The van der Waals surface area contributed by atoms with Crippen LogP contribution in [-0.4, -0.2) is 80.3 Å². The molecule has 2 heterocycles. The van der Waals surface area contributed by atoms with Gasteiger partial charge in [-0.15, -0.1) is 12.6 Å². The summed E-state index contributed by atoms with van der Waals surface area (Å²) in [5.74, 6) is -6.61. The quantitative estimate of drug-likeness (QED) is 0.160. The standard InChI is InChI=1S/C36H45ClF3N5O5S/c37-25-11-12-27(41-19-25)20-42-34(49)36(50,51)29(17-22-7-3-1-4-8-22)43-32(47)28-18-26(38)21-45(28)33(48)30(23-9-5-2-6-10-23)44-31(46)24-13-15-35(39,40)16-14-24/h1,3-4,7-8,11-12,19,23-24,26,28-30,50-51H,2,5-6,9-10,13-18,20-21H2,(H,42,49)(H,43,47)(H,44,46)/t26-,28+,29+,30+,36-/m1/s1. The van der Waals surface area contributed by atoms with Gasteiger partial charge in [-0.2, -0.15) is 0 Å². The molecule has 2 aromatic rings. The van der Waals surface area contributed by atoms with E-state index in [4.69, 9.17) is 11.6 Å². The maximum atomic E-state index is 15.1. The number of thiol groups is 1. The van der Waals surface area contributed by atoms with Crippen LogP contribution in [-0.2, 0) is 32.1 Å². The topological polar surface area (TPSA) is 141 Å². The Hall–Kier alpha value is -3.36. The molecule has 10 nitrogen and oxygen atoms in total. The molecule has 1 aromatic carbocycles. The fourth-order valence-electron chi connectivity index (χ4n) is 7.26. The van der Waals surface area contributed by atoms with E-state index in [1.807, 2.05) is 0 Å². The SMILES string of the molecule is O=C(N[C@H](C(=O)N1C[C@H](F)C[C@H]1C(=O)N[C@@H](Cc1ccccc1)[C@@](O)(S)C(=O)NCc1ccc(Cl)cn1)C1CCCCC1)C1CCC(F)(F)CC1. The summed E-state index contributed by atoms with van der Waals surface area (Å²) >= 11 is 10.2. The molecule has 4 N–H and O–H groups in total. The van der Waals surface area contributed by atoms with Gasteiger partial charge in [0.05, 0.1) is 29.8 Å². The number of carbonyl (C=O) groups is 4. The van der Waals surface area contributed by atoms with E-state index in [0.717, 1.165) is 24.2 Å². The first kappa shape index (κ1) is 38.9. The number of nitrogens with one attached hydrogen (secondary N) is 3. The number of benzene rings is 1. The van der Waals surface area contributed by atoms with E-state index in [1.165, 1.54) is 6.20 Å². The van der Waals surface area contributed by atoms with Gasteiger partial charge in [-0.3, -0.25) is 24.2 Å². The highest BCUT2D eigenvalue weighted by atomic mass is 35.5. The summed E-state index contributed by atoms with van der Waals surface area (Å²) in [4.78, 5) is 57.7. The van der Waals surface area contributed by atoms with E-state index in [0.29, 0.717) is 29.1 Å². The van der Waals surface area contributed by atoms with E-state index < -0.39 is 84.1 Å². The molecule has 5 atom stereocenters. The lowest BCUT2D eigenvalue weighted by Crippen LogP contribution is -2.62. The van der Waals surface area contributed by atoms with Gasteiger partial charge >= 0.3 is 0 Å². The molecular formula is C36H45ClF3N5O5S. The van der Waals surface area contributed by atoms with Gasteiger partial charge in [-0.1, -0.05) is 61.2 Å². The number of hydrogen-bond acceptors (Lipinski definition) is 7. The monoisotopic (exact) mass is 751 g/mol. The smallest absolute Gasteiger partial charge is 0.264 e. The lowest BCUT2D eigenvalue weighted by Gasteiger charge is -2.37. The number of aromatic nitrogens is 1. The largest absolute Gasteiger partial charge is 0.369 e. The average Bonchev–Trinajstić information content (AvgIpc) is 3.52. The number of likely N-dealkylation sites (tertiary alicyclic amines) is 1. The number of hydrogen-bond donors (Lipinski definition) is 5. The second kappa shape index (κ2) is 17.0. The Labute approximate surface area is 306 Å². The summed E-state index contributed by atoms with van der Waals surface area (Å²) in [7, 11) is 0. The third-order valence-electron chi connectivity index (χ3n) is 10.2. The van der Waals surface area contributed by atoms with Crippen molar-refractivity contribution < 1.29 is 37.5 Å². The van der Waals surface area contributed by atoms with Crippen molar-refractivity contribution in [1.29, 1.82) is 0 Å². The fraction of sp³-hybridized carbons (Fsp3) is 0.583. The summed E-state index contributed by atoms with van der Waals surface area (Å²) in [5, 5.41) is 20.0. The number of rotatable bonds is 12. The first-order chi connectivity index (χ1) is 24.2. The molecule has 1 aliphatic heterocycles. The van der Waals surface area contributed by atoms with Gasteiger partial charge in [0, 0.05) is 31.4 Å². The highest BCUT2D eigenvalue weighted by Crippen LogP contribution is 2.37. The van der Waals surface area contributed by atoms with Crippen LogP contribution < -0.4 is 16.0 Å². The molecule has 3 aliphatic rings. The van der Waals surface area contributed by atoms with Gasteiger partial charge in [0.25, 0.3) is 5.91 Å². The molecule has 5 rings (SSSR count). The van der Waals surface area contributed by atoms with Crippen LogP contribution in [0.1, 0.15) is 75.5 Å². The minimum atomic E-state index is -2.83. The van der Waals surface area contributed by atoms with Gasteiger partial charge in [0.15, 0.2) is 0 Å². The van der Waals surface area contributed by atoms with Crippen LogP contribution >= 0.6 is 24.2 Å². The van der Waals surface area contributed by atoms with Crippen LogP contribution in [0.2, 0.25) is 5.02 Å². The average molecular weight is 752 g/mol. The van der Waals surface area contributed by atoms with Gasteiger partial charge in [0.2, 0.25) is 28.6 Å². The molecule has 1 saturated heterocycles. The molecule has 0 radical (unpaired) electrons. The third kappa shape index (κ3) is 10.2. The summed E-state index contributed by atoms with van der Waals surface area (Å²) in [6.45, 7) is -0.467. The van der Waals surface area contributed by atoms with Crippen molar-refractivity contribution >= 4 is 47.9 Å². The first-order valence-corrected chi connectivity index (χ1v) is 18.4. The van der Waals surface area contributed by atoms with Gasteiger partial charge < -0.3 is 26.0 Å². The van der Waals surface area contributed by atoms with Crippen LogP contribution in [0, 0.1) is 11.8 Å². The van der Waals surface area contributed by atoms with E-state index in [9.17, 15) is 33.1 Å². The molecule has 4 amide bonds. The van der Waals surface area contributed by atoms with Crippen LogP contribution in [0.15, 0.2) is 48.7 Å². The van der Waals surface area contributed by atoms with Crippen molar-refractivity contribution in [2.75, 3.05) is 6.54 Å².